The van der Waals surface area contributed by atoms with Crippen LogP contribution in [-0.2, 0) is 26.0 Å². The van der Waals surface area contributed by atoms with E-state index in [1.165, 1.54) is 11.4 Å². The molecule has 1 heterocycles. The van der Waals surface area contributed by atoms with Gasteiger partial charge in [-0.25, -0.2) is 17.5 Å². The zero-order chi connectivity index (χ0) is 22.3. The van der Waals surface area contributed by atoms with Crippen LogP contribution in [0.1, 0.15) is 35.2 Å². The van der Waals surface area contributed by atoms with Crippen molar-refractivity contribution in [3.63, 3.8) is 0 Å². The molecule has 0 spiro atoms. The van der Waals surface area contributed by atoms with Crippen molar-refractivity contribution < 1.29 is 22.7 Å². The fourth-order valence-corrected chi connectivity index (χ4v) is 5.21. The van der Waals surface area contributed by atoms with Crippen molar-refractivity contribution in [3.8, 4) is 0 Å². The van der Waals surface area contributed by atoms with E-state index < -0.39 is 16.0 Å². The molecule has 1 amide bonds. The van der Waals surface area contributed by atoms with Gasteiger partial charge in [0, 0.05) is 24.7 Å². The number of methoxy groups -OCH3 is 1. The van der Waals surface area contributed by atoms with E-state index in [1.807, 2.05) is 30.3 Å². The molecule has 1 fully saturated rings. The van der Waals surface area contributed by atoms with E-state index in [0.29, 0.717) is 43.6 Å². The van der Waals surface area contributed by atoms with Gasteiger partial charge in [-0.05, 0) is 55.5 Å². The third-order valence-electron chi connectivity index (χ3n) is 5.50. The minimum absolute atomic E-state index is 0.116. The van der Waals surface area contributed by atoms with E-state index in [1.54, 1.807) is 24.3 Å². The highest BCUT2D eigenvalue weighted by Crippen LogP contribution is 2.22. The van der Waals surface area contributed by atoms with Crippen molar-refractivity contribution in [1.29, 1.82) is 0 Å². The molecule has 0 radical (unpaired) electrons. The summed E-state index contributed by atoms with van der Waals surface area (Å²) in [6.45, 7) is 0.708. The Kier molecular flexibility index (Phi) is 7.81. The number of anilines is 1. The number of hydrogen-bond donors (Lipinski definition) is 1. The maximum absolute atomic E-state index is 12.6. The average Bonchev–Trinajstić information content (AvgIpc) is 2.79. The number of aryl methyl sites for hydroxylation is 1. The summed E-state index contributed by atoms with van der Waals surface area (Å²) in [7, 11) is -2.01. The van der Waals surface area contributed by atoms with E-state index in [0.717, 1.165) is 12.0 Å². The molecule has 3 rings (SSSR count). The predicted octanol–water partition coefficient (Wildman–Crippen LogP) is 3.09. The lowest BCUT2D eigenvalue weighted by molar-refractivity contribution is -0.120. The monoisotopic (exact) mass is 444 g/mol. The number of benzene rings is 2. The summed E-state index contributed by atoms with van der Waals surface area (Å²) in [5, 5.41) is 2.84. The fraction of sp³-hybridized carbons (Fsp3) is 0.391. The molecule has 31 heavy (non-hydrogen) atoms. The lowest BCUT2D eigenvalue weighted by Gasteiger charge is -2.30. The van der Waals surface area contributed by atoms with Crippen LogP contribution < -0.4 is 5.32 Å². The standard InChI is InChI=1S/C23H28N2O5S/c1-30-23(27)20-9-11-21(12-10-20)24-22(26)19-13-15-25(16-14-19)31(28,29)17-5-8-18-6-3-2-4-7-18/h2-4,6-7,9-12,19H,5,8,13-17H2,1H3,(H,24,26). The van der Waals surface area contributed by atoms with E-state index in [9.17, 15) is 18.0 Å². The molecule has 2 aromatic carbocycles. The topological polar surface area (TPSA) is 92.8 Å². The van der Waals surface area contributed by atoms with E-state index in [4.69, 9.17) is 0 Å². The Labute approximate surface area is 183 Å². The van der Waals surface area contributed by atoms with Gasteiger partial charge in [-0.2, -0.15) is 0 Å². The number of ether oxygens (including phenoxy) is 1. The number of nitrogens with zero attached hydrogens (tertiary/aromatic N) is 1. The smallest absolute Gasteiger partial charge is 0.337 e. The number of nitrogens with one attached hydrogen (secondary N) is 1. The molecule has 8 heteroatoms. The quantitative estimate of drug-likeness (QED) is 0.632. The number of rotatable bonds is 8. The Morgan fingerprint density at radius 1 is 1.03 bits per heavy atom. The summed E-state index contributed by atoms with van der Waals surface area (Å²) in [6.07, 6.45) is 2.29. The summed E-state index contributed by atoms with van der Waals surface area (Å²) in [4.78, 5) is 24.0. The third kappa shape index (κ3) is 6.38. The number of piperidine rings is 1. The fourth-order valence-electron chi connectivity index (χ4n) is 3.68. The third-order valence-corrected chi connectivity index (χ3v) is 7.46. The number of hydrogen-bond acceptors (Lipinski definition) is 5. The zero-order valence-corrected chi connectivity index (χ0v) is 18.4. The number of carbonyl (C=O) groups is 2. The number of sulfonamides is 1. The number of esters is 1. The Hall–Kier alpha value is -2.71. The maximum atomic E-state index is 12.6. The van der Waals surface area contributed by atoms with Crippen molar-refractivity contribution in [2.75, 3.05) is 31.3 Å². The summed E-state index contributed by atoms with van der Waals surface area (Å²) in [5.41, 5.74) is 2.13. The van der Waals surface area contributed by atoms with Crippen LogP contribution in [0.5, 0.6) is 0 Å². The second-order valence-corrected chi connectivity index (χ2v) is 9.73. The summed E-state index contributed by atoms with van der Waals surface area (Å²) in [5.74, 6) is -0.691. The second kappa shape index (κ2) is 10.5. The largest absolute Gasteiger partial charge is 0.465 e. The van der Waals surface area contributed by atoms with Gasteiger partial charge in [-0.3, -0.25) is 4.79 Å². The van der Waals surface area contributed by atoms with Gasteiger partial charge in [-0.1, -0.05) is 30.3 Å². The molecule has 1 aliphatic heterocycles. The van der Waals surface area contributed by atoms with E-state index >= 15 is 0 Å². The highest BCUT2D eigenvalue weighted by Gasteiger charge is 2.30. The molecule has 1 aliphatic rings. The minimum atomic E-state index is -3.32. The Balaban J connectivity index is 1.45. The molecule has 7 nitrogen and oxygen atoms in total. The lowest BCUT2D eigenvalue weighted by atomic mass is 9.97. The van der Waals surface area contributed by atoms with Gasteiger partial charge >= 0.3 is 5.97 Å². The van der Waals surface area contributed by atoms with Crippen LogP contribution in [-0.4, -0.2) is 50.6 Å². The van der Waals surface area contributed by atoms with Crippen LogP contribution in [0.2, 0.25) is 0 Å². The predicted molar refractivity (Wildman–Crippen MR) is 119 cm³/mol. The molecule has 2 aromatic rings. The van der Waals surface area contributed by atoms with Gasteiger partial charge in [-0.15, -0.1) is 0 Å². The first-order valence-electron chi connectivity index (χ1n) is 10.4. The van der Waals surface area contributed by atoms with Gasteiger partial charge in [0.05, 0.1) is 18.4 Å². The summed E-state index contributed by atoms with van der Waals surface area (Å²) in [6, 6.07) is 16.3. The van der Waals surface area contributed by atoms with Gasteiger partial charge in [0.15, 0.2) is 0 Å². The second-order valence-electron chi connectivity index (χ2n) is 7.64. The molecule has 0 atom stereocenters. The van der Waals surface area contributed by atoms with E-state index in [2.05, 4.69) is 10.1 Å². The first kappa shape index (κ1) is 23.0. The van der Waals surface area contributed by atoms with Crippen molar-refractivity contribution in [2.24, 2.45) is 5.92 Å². The van der Waals surface area contributed by atoms with Crippen LogP contribution in [0.25, 0.3) is 0 Å². The maximum Gasteiger partial charge on any atom is 0.337 e. The van der Waals surface area contributed by atoms with Crippen LogP contribution in [0.15, 0.2) is 54.6 Å². The average molecular weight is 445 g/mol. The highest BCUT2D eigenvalue weighted by molar-refractivity contribution is 7.89. The first-order valence-corrected chi connectivity index (χ1v) is 12.0. The van der Waals surface area contributed by atoms with Gasteiger partial charge < -0.3 is 10.1 Å². The molecule has 1 N–H and O–H groups in total. The molecule has 0 bridgehead atoms. The Morgan fingerprint density at radius 3 is 2.29 bits per heavy atom. The van der Waals surface area contributed by atoms with Crippen molar-refractivity contribution in [3.05, 3.63) is 65.7 Å². The molecular formula is C23H28N2O5S. The highest BCUT2D eigenvalue weighted by atomic mass is 32.2. The van der Waals surface area contributed by atoms with Gasteiger partial charge in [0.1, 0.15) is 0 Å². The van der Waals surface area contributed by atoms with Crippen molar-refractivity contribution >= 4 is 27.6 Å². The van der Waals surface area contributed by atoms with Crippen LogP contribution in [0.4, 0.5) is 5.69 Å². The van der Waals surface area contributed by atoms with Crippen LogP contribution in [0, 0.1) is 5.92 Å². The van der Waals surface area contributed by atoms with E-state index in [-0.39, 0.29) is 17.6 Å². The zero-order valence-electron chi connectivity index (χ0n) is 17.6. The molecule has 0 aromatic heterocycles. The Bertz CT molecular complexity index is 982. The molecule has 166 valence electrons. The normalized spacial score (nSPS) is 15.4. The van der Waals surface area contributed by atoms with Crippen LogP contribution >= 0.6 is 0 Å². The molecule has 0 unspecified atom stereocenters. The molecule has 0 saturated carbocycles. The molecule has 0 aliphatic carbocycles. The number of amides is 1. The Morgan fingerprint density at radius 2 is 1.68 bits per heavy atom. The summed E-state index contributed by atoms with van der Waals surface area (Å²) < 4.78 is 31.4. The summed E-state index contributed by atoms with van der Waals surface area (Å²) >= 11 is 0. The van der Waals surface area contributed by atoms with Crippen molar-refractivity contribution in [2.45, 2.75) is 25.7 Å². The molecule has 1 saturated heterocycles. The number of carbonyl (C=O) groups excluding carboxylic acids is 2. The SMILES string of the molecule is COC(=O)c1ccc(NC(=O)C2CCN(S(=O)(=O)CCCc3ccccc3)CC2)cc1. The molecular weight excluding hydrogens is 416 g/mol. The minimum Gasteiger partial charge on any atom is -0.465 e. The van der Waals surface area contributed by atoms with Gasteiger partial charge in [0.2, 0.25) is 15.9 Å². The lowest BCUT2D eigenvalue weighted by Crippen LogP contribution is -2.42. The van der Waals surface area contributed by atoms with Crippen molar-refractivity contribution in [1.82, 2.24) is 4.31 Å². The van der Waals surface area contributed by atoms with Crippen LogP contribution in [0.3, 0.4) is 0 Å². The first-order chi connectivity index (χ1) is 14.9. The van der Waals surface area contributed by atoms with Gasteiger partial charge in [0.25, 0.3) is 0 Å².